The molecule has 4 heteroatoms. The number of rotatable bonds is 4. The second-order valence-electron chi connectivity index (χ2n) is 3.98. The van der Waals surface area contributed by atoms with Crippen molar-refractivity contribution in [2.45, 2.75) is 12.5 Å². The van der Waals surface area contributed by atoms with Crippen molar-refractivity contribution in [2.24, 2.45) is 0 Å². The van der Waals surface area contributed by atoms with Crippen molar-refractivity contribution in [1.82, 2.24) is 4.57 Å². The van der Waals surface area contributed by atoms with Gasteiger partial charge in [-0.1, -0.05) is 23.7 Å². The van der Waals surface area contributed by atoms with Crippen molar-refractivity contribution in [3.63, 3.8) is 0 Å². The van der Waals surface area contributed by atoms with Crippen LogP contribution in [0.3, 0.4) is 0 Å². The number of esters is 1. The van der Waals surface area contributed by atoms with Gasteiger partial charge in [0.1, 0.15) is 0 Å². The van der Waals surface area contributed by atoms with Gasteiger partial charge in [0.25, 0.3) is 0 Å². The van der Waals surface area contributed by atoms with Gasteiger partial charge in [-0.15, -0.1) is 0 Å². The van der Waals surface area contributed by atoms with E-state index in [1.54, 1.807) is 0 Å². The SMILES string of the molecule is COC(=O)CC(c1ccc(Cl)cc1)n1cccc1. The summed E-state index contributed by atoms with van der Waals surface area (Å²) in [5.41, 5.74) is 1.03. The molecule has 1 atom stereocenters. The van der Waals surface area contributed by atoms with Crippen molar-refractivity contribution < 1.29 is 9.53 Å². The third kappa shape index (κ3) is 2.93. The summed E-state index contributed by atoms with van der Waals surface area (Å²) < 4.78 is 6.73. The highest BCUT2D eigenvalue weighted by molar-refractivity contribution is 6.30. The number of hydrogen-bond donors (Lipinski definition) is 0. The van der Waals surface area contributed by atoms with Gasteiger partial charge < -0.3 is 9.30 Å². The van der Waals surface area contributed by atoms with Gasteiger partial charge >= 0.3 is 5.97 Å². The van der Waals surface area contributed by atoms with Crippen LogP contribution in [-0.4, -0.2) is 17.6 Å². The molecule has 18 heavy (non-hydrogen) atoms. The van der Waals surface area contributed by atoms with Crippen LogP contribution in [-0.2, 0) is 9.53 Å². The lowest BCUT2D eigenvalue weighted by Crippen LogP contribution is -2.15. The third-order valence-electron chi connectivity index (χ3n) is 2.83. The number of methoxy groups -OCH3 is 1. The van der Waals surface area contributed by atoms with Crippen molar-refractivity contribution in [3.05, 3.63) is 59.4 Å². The number of nitrogens with zero attached hydrogens (tertiary/aromatic N) is 1. The van der Waals surface area contributed by atoms with E-state index in [1.807, 2.05) is 53.4 Å². The molecule has 3 nitrogen and oxygen atoms in total. The summed E-state index contributed by atoms with van der Waals surface area (Å²) >= 11 is 5.88. The van der Waals surface area contributed by atoms with Crippen LogP contribution in [0.1, 0.15) is 18.0 Å². The highest BCUT2D eigenvalue weighted by Crippen LogP contribution is 2.24. The van der Waals surface area contributed by atoms with Crippen molar-refractivity contribution in [2.75, 3.05) is 7.11 Å². The van der Waals surface area contributed by atoms with Gasteiger partial charge in [-0.05, 0) is 29.8 Å². The van der Waals surface area contributed by atoms with Crippen LogP contribution in [0.15, 0.2) is 48.8 Å². The maximum Gasteiger partial charge on any atom is 0.307 e. The van der Waals surface area contributed by atoms with Gasteiger partial charge in [0.15, 0.2) is 0 Å². The van der Waals surface area contributed by atoms with Gasteiger partial charge in [-0.3, -0.25) is 4.79 Å². The molecule has 0 N–H and O–H groups in total. The molecule has 0 aliphatic heterocycles. The Hall–Kier alpha value is -1.74. The van der Waals surface area contributed by atoms with Crippen LogP contribution in [0.2, 0.25) is 5.02 Å². The maximum absolute atomic E-state index is 11.5. The summed E-state index contributed by atoms with van der Waals surface area (Å²) in [5, 5.41) is 0.683. The summed E-state index contributed by atoms with van der Waals surface area (Å²) in [6.45, 7) is 0. The quantitative estimate of drug-likeness (QED) is 0.793. The highest BCUT2D eigenvalue weighted by Gasteiger charge is 2.17. The maximum atomic E-state index is 11.5. The molecule has 0 saturated carbocycles. The Balaban J connectivity index is 2.30. The van der Waals surface area contributed by atoms with Crippen LogP contribution >= 0.6 is 11.6 Å². The molecule has 1 unspecified atom stereocenters. The minimum absolute atomic E-state index is 0.0651. The van der Waals surface area contributed by atoms with Gasteiger partial charge in [-0.2, -0.15) is 0 Å². The van der Waals surface area contributed by atoms with Gasteiger partial charge in [-0.25, -0.2) is 0 Å². The van der Waals surface area contributed by atoms with Gasteiger partial charge in [0.2, 0.25) is 0 Å². The smallest absolute Gasteiger partial charge is 0.307 e. The minimum Gasteiger partial charge on any atom is -0.469 e. The van der Waals surface area contributed by atoms with E-state index in [-0.39, 0.29) is 12.0 Å². The lowest BCUT2D eigenvalue weighted by atomic mass is 10.0. The molecule has 0 aliphatic carbocycles. The zero-order valence-corrected chi connectivity index (χ0v) is 10.8. The van der Waals surface area contributed by atoms with Crippen LogP contribution in [0.5, 0.6) is 0 Å². The van der Waals surface area contributed by atoms with E-state index in [9.17, 15) is 4.79 Å². The fourth-order valence-corrected chi connectivity index (χ4v) is 2.00. The number of carbonyl (C=O) groups is 1. The first kappa shape index (κ1) is 12.7. The summed E-state index contributed by atoms with van der Waals surface area (Å²) in [6, 6.07) is 11.3. The van der Waals surface area contributed by atoms with E-state index in [1.165, 1.54) is 7.11 Å². The Morgan fingerprint density at radius 1 is 1.28 bits per heavy atom. The molecular weight excluding hydrogens is 250 g/mol. The zero-order valence-electron chi connectivity index (χ0n) is 10.0. The molecule has 0 fully saturated rings. The fraction of sp³-hybridized carbons (Fsp3) is 0.214. The Morgan fingerprint density at radius 2 is 1.89 bits per heavy atom. The molecule has 1 aromatic heterocycles. The van der Waals surface area contributed by atoms with Crippen LogP contribution in [0.4, 0.5) is 0 Å². The Morgan fingerprint density at radius 3 is 2.44 bits per heavy atom. The average Bonchev–Trinajstić information content (AvgIpc) is 2.90. The molecule has 2 rings (SSSR count). The van der Waals surface area contributed by atoms with Crippen LogP contribution in [0.25, 0.3) is 0 Å². The first-order valence-corrected chi connectivity index (χ1v) is 6.03. The average molecular weight is 264 g/mol. The molecule has 0 aliphatic rings. The fourth-order valence-electron chi connectivity index (χ4n) is 1.88. The number of carbonyl (C=O) groups excluding carboxylic acids is 1. The standard InChI is InChI=1S/C14H14ClNO2/c1-18-14(17)10-13(16-8-2-3-9-16)11-4-6-12(15)7-5-11/h2-9,13H,10H2,1H3. The van der Waals surface area contributed by atoms with E-state index in [2.05, 4.69) is 0 Å². The lowest BCUT2D eigenvalue weighted by molar-refractivity contribution is -0.141. The zero-order chi connectivity index (χ0) is 13.0. The van der Waals surface area contributed by atoms with E-state index in [0.29, 0.717) is 11.4 Å². The second kappa shape index (κ2) is 5.74. The topological polar surface area (TPSA) is 31.2 Å². The van der Waals surface area contributed by atoms with E-state index in [4.69, 9.17) is 16.3 Å². The van der Waals surface area contributed by atoms with Gasteiger partial charge in [0, 0.05) is 17.4 Å². The molecule has 0 saturated heterocycles. The number of ether oxygens (including phenoxy) is 1. The van der Waals surface area contributed by atoms with Gasteiger partial charge in [0.05, 0.1) is 19.6 Å². The van der Waals surface area contributed by atoms with Crippen molar-refractivity contribution in [3.8, 4) is 0 Å². The molecule has 94 valence electrons. The Labute approximate surface area is 111 Å². The normalized spacial score (nSPS) is 12.1. The molecule has 0 radical (unpaired) electrons. The highest BCUT2D eigenvalue weighted by atomic mass is 35.5. The third-order valence-corrected chi connectivity index (χ3v) is 3.08. The molecule has 2 aromatic rings. The largest absolute Gasteiger partial charge is 0.469 e. The van der Waals surface area contributed by atoms with E-state index < -0.39 is 0 Å². The lowest BCUT2D eigenvalue weighted by Gasteiger charge is -2.18. The molecule has 0 amide bonds. The minimum atomic E-state index is -0.233. The molecule has 1 aromatic carbocycles. The van der Waals surface area contributed by atoms with Crippen LogP contribution in [0, 0.1) is 0 Å². The van der Waals surface area contributed by atoms with Crippen molar-refractivity contribution >= 4 is 17.6 Å². The van der Waals surface area contributed by atoms with E-state index >= 15 is 0 Å². The van der Waals surface area contributed by atoms with E-state index in [0.717, 1.165) is 5.56 Å². The summed E-state index contributed by atoms with van der Waals surface area (Å²) in [6.07, 6.45) is 4.16. The first-order valence-electron chi connectivity index (χ1n) is 5.65. The molecular formula is C14H14ClNO2. The molecule has 0 spiro atoms. The molecule has 1 heterocycles. The van der Waals surface area contributed by atoms with Crippen molar-refractivity contribution in [1.29, 1.82) is 0 Å². The summed E-state index contributed by atoms with van der Waals surface area (Å²) in [4.78, 5) is 11.5. The molecule has 0 bridgehead atoms. The predicted molar refractivity (Wildman–Crippen MR) is 70.7 cm³/mol. The van der Waals surface area contributed by atoms with Crippen LogP contribution < -0.4 is 0 Å². The predicted octanol–water partition coefficient (Wildman–Crippen LogP) is 3.29. The number of halogens is 1. The number of aromatic nitrogens is 1. The monoisotopic (exact) mass is 263 g/mol. The number of hydrogen-bond acceptors (Lipinski definition) is 2. The second-order valence-corrected chi connectivity index (χ2v) is 4.41. The Bertz CT molecular complexity index is 505. The Kier molecular flexibility index (Phi) is 4.05. The summed E-state index contributed by atoms with van der Waals surface area (Å²) in [7, 11) is 1.40. The first-order chi connectivity index (χ1) is 8.70. The summed E-state index contributed by atoms with van der Waals surface area (Å²) in [5.74, 6) is -0.233. The number of benzene rings is 1.